The predicted molar refractivity (Wildman–Crippen MR) is 59.8 cm³/mol. The molecule has 1 heterocycles. The highest BCUT2D eigenvalue weighted by atomic mass is 35.5. The minimum Gasteiger partial charge on any atom is -0.250 e. The molecule has 0 aliphatic carbocycles. The molecule has 2 aromatic rings. The Morgan fingerprint density at radius 1 is 1.00 bits per heavy atom. The van der Waals surface area contributed by atoms with E-state index in [1.807, 2.05) is 42.5 Å². The molecule has 0 spiro atoms. The molecule has 0 aliphatic rings. The van der Waals surface area contributed by atoms with Gasteiger partial charge in [-0.1, -0.05) is 41.6 Å². The van der Waals surface area contributed by atoms with Crippen LogP contribution in [0.25, 0.3) is 0 Å². The lowest BCUT2D eigenvalue weighted by atomic mass is 10.4. The summed E-state index contributed by atoms with van der Waals surface area (Å²) in [6.45, 7) is 0. The highest BCUT2D eigenvalue weighted by Gasteiger charge is 2.01. The van der Waals surface area contributed by atoms with E-state index in [0.29, 0.717) is 0 Å². The van der Waals surface area contributed by atoms with Crippen molar-refractivity contribution in [3.05, 3.63) is 53.7 Å². The third-order valence-corrected chi connectivity index (χ3v) is 3.16. The Balaban J connectivity index is 2.24. The molecular formula is C11H8ClNS. The Bertz CT molecular complexity index is 417. The van der Waals surface area contributed by atoms with Gasteiger partial charge < -0.3 is 0 Å². The fraction of sp³-hybridized carbons (Fsp3) is 0. The standard InChI is InChI=1S/C11H8ClNS/c12-9-5-1-2-6-10(9)14-11-7-3-4-8-13-11/h1-8H. The first-order valence-corrected chi connectivity index (χ1v) is 5.39. The maximum absolute atomic E-state index is 6.03. The van der Waals surface area contributed by atoms with E-state index >= 15 is 0 Å². The van der Waals surface area contributed by atoms with Crippen molar-refractivity contribution >= 4 is 23.4 Å². The molecule has 70 valence electrons. The minimum atomic E-state index is 0.767. The van der Waals surface area contributed by atoms with Crippen LogP contribution < -0.4 is 0 Å². The fourth-order valence-electron chi connectivity index (χ4n) is 1.05. The average molecular weight is 222 g/mol. The van der Waals surface area contributed by atoms with Crippen molar-refractivity contribution in [3.8, 4) is 0 Å². The van der Waals surface area contributed by atoms with Gasteiger partial charge in [-0.2, -0.15) is 0 Å². The summed E-state index contributed by atoms with van der Waals surface area (Å²) in [4.78, 5) is 5.25. The van der Waals surface area contributed by atoms with Gasteiger partial charge in [-0.3, -0.25) is 0 Å². The summed E-state index contributed by atoms with van der Waals surface area (Å²) in [6, 6.07) is 13.6. The Kier molecular flexibility index (Phi) is 3.07. The van der Waals surface area contributed by atoms with Crippen molar-refractivity contribution in [2.75, 3.05) is 0 Å². The summed E-state index contributed by atoms with van der Waals surface area (Å²) >= 11 is 7.60. The van der Waals surface area contributed by atoms with Gasteiger partial charge in [-0.05, 0) is 24.3 Å². The highest BCUT2D eigenvalue weighted by molar-refractivity contribution is 7.99. The number of benzene rings is 1. The third kappa shape index (κ3) is 2.28. The van der Waals surface area contributed by atoms with Gasteiger partial charge >= 0.3 is 0 Å². The minimum absolute atomic E-state index is 0.767. The molecule has 0 saturated heterocycles. The van der Waals surface area contributed by atoms with Crippen LogP contribution in [0.5, 0.6) is 0 Å². The summed E-state index contributed by atoms with van der Waals surface area (Å²) in [6.07, 6.45) is 1.78. The summed E-state index contributed by atoms with van der Waals surface area (Å²) in [5.41, 5.74) is 0. The van der Waals surface area contributed by atoms with Crippen molar-refractivity contribution in [1.82, 2.24) is 4.98 Å². The number of aromatic nitrogens is 1. The zero-order chi connectivity index (χ0) is 9.80. The second kappa shape index (κ2) is 4.49. The van der Waals surface area contributed by atoms with Crippen LogP contribution in [0.4, 0.5) is 0 Å². The molecule has 0 amide bonds. The summed E-state index contributed by atoms with van der Waals surface area (Å²) in [5.74, 6) is 0. The van der Waals surface area contributed by atoms with Gasteiger partial charge in [0.15, 0.2) is 0 Å². The zero-order valence-electron chi connectivity index (χ0n) is 7.35. The molecule has 0 atom stereocenters. The van der Waals surface area contributed by atoms with Crippen LogP contribution >= 0.6 is 23.4 Å². The molecule has 0 fully saturated rings. The first kappa shape index (κ1) is 9.56. The second-order valence-electron chi connectivity index (χ2n) is 2.70. The van der Waals surface area contributed by atoms with E-state index in [-0.39, 0.29) is 0 Å². The molecule has 1 aromatic carbocycles. The highest BCUT2D eigenvalue weighted by Crippen LogP contribution is 2.31. The average Bonchev–Trinajstić information content (AvgIpc) is 2.23. The van der Waals surface area contributed by atoms with E-state index in [9.17, 15) is 0 Å². The predicted octanol–water partition coefficient (Wildman–Crippen LogP) is 3.89. The van der Waals surface area contributed by atoms with E-state index in [1.54, 1.807) is 18.0 Å². The van der Waals surface area contributed by atoms with Crippen LogP contribution in [-0.4, -0.2) is 4.98 Å². The van der Waals surface area contributed by atoms with Gasteiger partial charge in [-0.15, -0.1) is 0 Å². The molecule has 0 bridgehead atoms. The normalized spacial score (nSPS) is 10.1. The number of pyridine rings is 1. The lowest BCUT2D eigenvalue weighted by Gasteiger charge is -2.01. The molecule has 0 radical (unpaired) electrons. The number of hydrogen-bond donors (Lipinski definition) is 0. The van der Waals surface area contributed by atoms with Crippen molar-refractivity contribution in [3.63, 3.8) is 0 Å². The molecular weight excluding hydrogens is 214 g/mol. The number of nitrogens with zero attached hydrogens (tertiary/aromatic N) is 1. The molecule has 0 unspecified atom stereocenters. The first-order valence-electron chi connectivity index (χ1n) is 4.20. The monoisotopic (exact) mass is 221 g/mol. The van der Waals surface area contributed by atoms with Crippen molar-refractivity contribution in [2.45, 2.75) is 9.92 Å². The van der Waals surface area contributed by atoms with Gasteiger partial charge in [-0.25, -0.2) is 4.98 Å². The van der Waals surface area contributed by atoms with Crippen LogP contribution in [-0.2, 0) is 0 Å². The summed E-state index contributed by atoms with van der Waals surface area (Å²) < 4.78 is 0. The topological polar surface area (TPSA) is 12.9 Å². The van der Waals surface area contributed by atoms with E-state index < -0.39 is 0 Å². The van der Waals surface area contributed by atoms with Gasteiger partial charge in [0.2, 0.25) is 0 Å². The second-order valence-corrected chi connectivity index (χ2v) is 4.17. The third-order valence-electron chi connectivity index (χ3n) is 1.69. The molecule has 0 N–H and O–H groups in total. The SMILES string of the molecule is Clc1ccccc1Sc1ccccn1. The first-order chi connectivity index (χ1) is 6.86. The van der Waals surface area contributed by atoms with Crippen LogP contribution in [0.1, 0.15) is 0 Å². The smallest absolute Gasteiger partial charge is 0.101 e. The van der Waals surface area contributed by atoms with Crippen molar-refractivity contribution in [1.29, 1.82) is 0 Å². The van der Waals surface area contributed by atoms with E-state index in [1.165, 1.54) is 0 Å². The van der Waals surface area contributed by atoms with E-state index in [4.69, 9.17) is 11.6 Å². The van der Waals surface area contributed by atoms with Crippen LogP contribution in [0.2, 0.25) is 5.02 Å². The van der Waals surface area contributed by atoms with Gasteiger partial charge in [0, 0.05) is 11.1 Å². The Morgan fingerprint density at radius 2 is 1.79 bits per heavy atom. The van der Waals surface area contributed by atoms with Gasteiger partial charge in [0.25, 0.3) is 0 Å². The maximum Gasteiger partial charge on any atom is 0.101 e. The van der Waals surface area contributed by atoms with Crippen molar-refractivity contribution in [2.24, 2.45) is 0 Å². The van der Waals surface area contributed by atoms with Crippen LogP contribution in [0.15, 0.2) is 58.6 Å². The van der Waals surface area contributed by atoms with Gasteiger partial charge in [0.05, 0.1) is 5.02 Å². The van der Waals surface area contributed by atoms with E-state index in [0.717, 1.165) is 14.9 Å². The lowest BCUT2D eigenvalue weighted by Crippen LogP contribution is -1.78. The molecule has 0 aliphatic heterocycles. The van der Waals surface area contributed by atoms with E-state index in [2.05, 4.69) is 4.98 Å². The Morgan fingerprint density at radius 3 is 2.50 bits per heavy atom. The molecule has 0 saturated carbocycles. The summed E-state index contributed by atoms with van der Waals surface area (Å²) in [7, 11) is 0. The van der Waals surface area contributed by atoms with Crippen LogP contribution in [0.3, 0.4) is 0 Å². The molecule has 1 nitrogen and oxygen atoms in total. The fourth-order valence-corrected chi connectivity index (χ4v) is 2.10. The lowest BCUT2D eigenvalue weighted by molar-refractivity contribution is 1.13. The largest absolute Gasteiger partial charge is 0.250 e. The number of hydrogen-bond acceptors (Lipinski definition) is 2. The van der Waals surface area contributed by atoms with Crippen molar-refractivity contribution < 1.29 is 0 Å². The molecule has 1 aromatic heterocycles. The van der Waals surface area contributed by atoms with Crippen LogP contribution in [0, 0.1) is 0 Å². The number of rotatable bonds is 2. The Labute approximate surface area is 92.1 Å². The zero-order valence-corrected chi connectivity index (χ0v) is 8.92. The molecule has 14 heavy (non-hydrogen) atoms. The number of halogens is 1. The summed E-state index contributed by atoms with van der Waals surface area (Å²) in [5, 5.41) is 1.73. The Hall–Kier alpha value is -0.990. The molecule has 2 rings (SSSR count). The maximum atomic E-state index is 6.03. The molecule has 3 heteroatoms. The van der Waals surface area contributed by atoms with Gasteiger partial charge in [0.1, 0.15) is 5.03 Å². The quantitative estimate of drug-likeness (QED) is 0.763.